The Bertz CT molecular complexity index is 608. The predicted octanol–water partition coefficient (Wildman–Crippen LogP) is 2.42. The van der Waals surface area contributed by atoms with Crippen molar-refractivity contribution in [2.24, 2.45) is 5.92 Å². The second-order valence-electron chi connectivity index (χ2n) is 6.57. The molecule has 0 aromatic heterocycles. The standard InChI is InChI=1S/C18H24N2O3/c1-12-7-8-16(23-2)15(9-12)20-11-13(10-17(20)21)18(22)19-14-5-3-4-6-14/h7-9,13-14H,3-6,10-11H2,1-2H3,(H,19,22). The highest BCUT2D eigenvalue weighted by molar-refractivity contribution is 6.01. The lowest BCUT2D eigenvalue weighted by Crippen LogP contribution is -2.38. The van der Waals surface area contributed by atoms with E-state index in [1.54, 1.807) is 12.0 Å². The number of hydrogen-bond donors (Lipinski definition) is 1. The first-order valence-electron chi connectivity index (χ1n) is 8.34. The Hall–Kier alpha value is -2.04. The number of nitrogens with one attached hydrogen (secondary N) is 1. The van der Waals surface area contributed by atoms with Crippen LogP contribution in [0.1, 0.15) is 37.7 Å². The third kappa shape index (κ3) is 3.33. The van der Waals surface area contributed by atoms with E-state index in [2.05, 4.69) is 5.32 Å². The molecule has 23 heavy (non-hydrogen) atoms. The lowest BCUT2D eigenvalue weighted by atomic mass is 10.1. The van der Waals surface area contributed by atoms with Gasteiger partial charge >= 0.3 is 0 Å². The highest BCUT2D eigenvalue weighted by atomic mass is 16.5. The molecule has 3 rings (SSSR count). The molecule has 1 aromatic rings. The van der Waals surface area contributed by atoms with Crippen molar-refractivity contribution < 1.29 is 14.3 Å². The van der Waals surface area contributed by atoms with E-state index < -0.39 is 0 Å². The summed E-state index contributed by atoms with van der Waals surface area (Å²) >= 11 is 0. The summed E-state index contributed by atoms with van der Waals surface area (Å²) in [5.74, 6) is 0.397. The van der Waals surface area contributed by atoms with Crippen LogP contribution in [0.3, 0.4) is 0 Å². The first kappa shape index (κ1) is 15.8. The van der Waals surface area contributed by atoms with Gasteiger partial charge in [-0.25, -0.2) is 0 Å². The Morgan fingerprint density at radius 3 is 2.74 bits per heavy atom. The summed E-state index contributed by atoms with van der Waals surface area (Å²) in [5.41, 5.74) is 1.82. The van der Waals surface area contributed by atoms with E-state index in [0.717, 1.165) is 24.1 Å². The molecule has 5 nitrogen and oxygen atoms in total. The van der Waals surface area contributed by atoms with Crippen molar-refractivity contribution >= 4 is 17.5 Å². The van der Waals surface area contributed by atoms with Gasteiger partial charge < -0.3 is 15.0 Å². The summed E-state index contributed by atoms with van der Waals surface area (Å²) in [6.45, 7) is 2.41. The molecule has 0 bridgehead atoms. The highest BCUT2D eigenvalue weighted by Gasteiger charge is 2.37. The van der Waals surface area contributed by atoms with Crippen molar-refractivity contribution in [3.63, 3.8) is 0 Å². The first-order chi connectivity index (χ1) is 11.1. The van der Waals surface area contributed by atoms with Gasteiger partial charge in [-0.2, -0.15) is 0 Å². The van der Waals surface area contributed by atoms with Crippen LogP contribution in [0.15, 0.2) is 18.2 Å². The van der Waals surface area contributed by atoms with Crippen molar-refractivity contribution in [3.05, 3.63) is 23.8 Å². The molecule has 1 atom stereocenters. The van der Waals surface area contributed by atoms with Crippen molar-refractivity contribution in [3.8, 4) is 5.75 Å². The van der Waals surface area contributed by atoms with Crippen molar-refractivity contribution in [2.75, 3.05) is 18.6 Å². The Balaban J connectivity index is 1.72. The number of carbonyl (C=O) groups excluding carboxylic acids is 2. The van der Waals surface area contributed by atoms with Gasteiger partial charge in [0, 0.05) is 19.0 Å². The topological polar surface area (TPSA) is 58.6 Å². The summed E-state index contributed by atoms with van der Waals surface area (Å²) in [6, 6.07) is 6.05. The van der Waals surface area contributed by atoms with E-state index in [4.69, 9.17) is 4.74 Å². The van der Waals surface area contributed by atoms with Crippen LogP contribution in [-0.2, 0) is 9.59 Å². The summed E-state index contributed by atoms with van der Waals surface area (Å²) in [4.78, 5) is 26.5. The molecule has 1 aliphatic heterocycles. The SMILES string of the molecule is COc1ccc(C)cc1N1CC(C(=O)NC2CCCC2)CC1=O. The molecular weight excluding hydrogens is 292 g/mol. The van der Waals surface area contributed by atoms with Crippen LogP contribution in [0.25, 0.3) is 0 Å². The van der Waals surface area contributed by atoms with Gasteiger partial charge in [0.15, 0.2) is 0 Å². The summed E-state index contributed by atoms with van der Waals surface area (Å²) in [5, 5.41) is 3.10. The Labute approximate surface area is 137 Å². The number of hydrogen-bond acceptors (Lipinski definition) is 3. The largest absolute Gasteiger partial charge is 0.495 e. The van der Waals surface area contributed by atoms with E-state index >= 15 is 0 Å². The first-order valence-corrected chi connectivity index (χ1v) is 8.34. The monoisotopic (exact) mass is 316 g/mol. The minimum Gasteiger partial charge on any atom is -0.495 e. The van der Waals surface area contributed by atoms with E-state index in [-0.39, 0.29) is 24.2 Å². The minimum atomic E-state index is -0.270. The highest BCUT2D eigenvalue weighted by Crippen LogP contribution is 2.34. The van der Waals surface area contributed by atoms with Crippen molar-refractivity contribution in [1.82, 2.24) is 5.32 Å². The van der Waals surface area contributed by atoms with Gasteiger partial charge in [-0.3, -0.25) is 9.59 Å². The van der Waals surface area contributed by atoms with Gasteiger partial charge in [0.25, 0.3) is 0 Å². The molecule has 1 N–H and O–H groups in total. The molecule has 1 saturated carbocycles. The van der Waals surface area contributed by atoms with Crippen LogP contribution in [0.2, 0.25) is 0 Å². The molecule has 2 amide bonds. The van der Waals surface area contributed by atoms with Gasteiger partial charge in [0.1, 0.15) is 5.75 Å². The third-order valence-corrected chi connectivity index (χ3v) is 4.82. The van der Waals surface area contributed by atoms with E-state index in [9.17, 15) is 9.59 Å². The molecule has 5 heteroatoms. The minimum absolute atomic E-state index is 0.0133. The summed E-state index contributed by atoms with van der Waals surface area (Å²) in [6.07, 6.45) is 4.75. The van der Waals surface area contributed by atoms with Crippen LogP contribution >= 0.6 is 0 Å². The number of methoxy groups -OCH3 is 1. The number of rotatable bonds is 4. The van der Waals surface area contributed by atoms with E-state index in [1.165, 1.54) is 12.8 Å². The normalized spacial score (nSPS) is 21.7. The Morgan fingerprint density at radius 1 is 1.30 bits per heavy atom. The Morgan fingerprint density at radius 2 is 2.04 bits per heavy atom. The number of aryl methyl sites for hydroxylation is 1. The van der Waals surface area contributed by atoms with Gasteiger partial charge in [-0.15, -0.1) is 0 Å². The number of amides is 2. The molecule has 1 heterocycles. The lowest BCUT2D eigenvalue weighted by Gasteiger charge is -2.20. The molecule has 1 saturated heterocycles. The lowest BCUT2D eigenvalue weighted by molar-refractivity contribution is -0.126. The number of benzene rings is 1. The van der Waals surface area contributed by atoms with Crippen LogP contribution in [-0.4, -0.2) is 31.5 Å². The van der Waals surface area contributed by atoms with E-state index in [1.807, 2.05) is 25.1 Å². The average Bonchev–Trinajstić information content (AvgIpc) is 3.16. The zero-order valence-corrected chi connectivity index (χ0v) is 13.8. The van der Waals surface area contributed by atoms with Crippen LogP contribution < -0.4 is 15.0 Å². The number of carbonyl (C=O) groups is 2. The van der Waals surface area contributed by atoms with Crippen molar-refractivity contribution in [1.29, 1.82) is 0 Å². The summed E-state index contributed by atoms with van der Waals surface area (Å²) < 4.78 is 5.37. The fraction of sp³-hybridized carbons (Fsp3) is 0.556. The molecule has 2 fully saturated rings. The van der Waals surface area contributed by atoms with Crippen LogP contribution in [0.5, 0.6) is 5.75 Å². The smallest absolute Gasteiger partial charge is 0.227 e. The van der Waals surface area contributed by atoms with Gasteiger partial charge in [-0.05, 0) is 37.5 Å². The molecular formula is C18H24N2O3. The van der Waals surface area contributed by atoms with Crippen molar-refractivity contribution in [2.45, 2.75) is 45.1 Å². The molecule has 0 radical (unpaired) electrons. The maximum absolute atomic E-state index is 12.4. The fourth-order valence-corrected chi connectivity index (χ4v) is 3.52. The van der Waals surface area contributed by atoms with Crippen LogP contribution in [0.4, 0.5) is 5.69 Å². The molecule has 2 aliphatic rings. The summed E-state index contributed by atoms with van der Waals surface area (Å²) in [7, 11) is 1.60. The maximum Gasteiger partial charge on any atom is 0.227 e. The fourth-order valence-electron chi connectivity index (χ4n) is 3.52. The molecule has 1 unspecified atom stereocenters. The number of nitrogens with zero attached hydrogens (tertiary/aromatic N) is 1. The van der Waals surface area contributed by atoms with Gasteiger partial charge in [-0.1, -0.05) is 18.9 Å². The predicted molar refractivity (Wildman–Crippen MR) is 88.6 cm³/mol. The van der Waals surface area contributed by atoms with Gasteiger partial charge in [0.05, 0.1) is 18.7 Å². The average molecular weight is 316 g/mol. The third-order valence-electron chi connectivity index (χ3n) is 4.82. The number of ether oxygens (including phenoxy) is 1. The van der Waals surface area contributed by atoms with Crippen LogP contribution in [0, 0.1) is 12.8 Å². The van der Waals surface area contributed by atoms with Gasteiger partial charge in [0.2, 0.25) is 11.8 Å². The maximum atomic E-state index is 12.4. The second-order valence-corrected chi connectivity index (χ2v) is 6.57. The molecule has 1 aliphatic carbocycles. The molecule has 1 aromatic carbocycles. The zero-order chi connectivity index (χ0) is 16.4. The van der Waals surface area contributed by atoms with E-state index in [0.29, 0.717) is 18.3 Å². The Kier molecular flexibility index (Phi) is 4.55. The number of anilines is 1. The zero-order valence-electron chi connectivity index (χ0n) is 13.8. The second kappa shape index (κ2) is 6.60. The molecule has 0 spiro atoms. The quantitative estimate of drug-likeness (QED) is 0.928. The molecule has 124 valence electrons.